The van der Waals surface area contributed by atoms with Crippen LogP contribution in [0.15, 0.2) is 41.3 Å². The van der Waals surface area contributed by atoms with E-state index in [9.17, 15) is 9.59 Å². The van der Waals surface area contributed by atoms with E-state index in [2.05, 4.69) is 22.9 Å². The third-order valence-corrected chi connectivity index (χ3v) is 3.77. The lowest BCUT2D eigenvalue weighted by atomic mass is 10.1. The fourth-order valence-electron chi connectivity index (χ4n) is 2.10. The lowest BCUT2D eigenvalue weighted by Gasteiger charge is -2.25. The topological polar surface area (TPSA) is 67.9 Å². The summed E-state index contributed by atoms with van der Waals surface area (Å²) in [6.45, 7) is 7.30. The van der Waals surface area contributed by atoms with E-state index in [0.717, 1.165) is 21.4 Å². The zero-order chi connectivity index (χ0) is 20.6. The average Bonchev–Trinajstić information content (AvgIpc) is 2.59. The number of thiol groups is 1. The highest BCUT2D eigenvalue weighted by molar-refractivity contribution is 7.80. The van der Waals surface area contributed by atoms with E-state index in [4.69, 9.17) is 4.74 Å². The molecule has 7 heteroatoms. The second kappa shape index (κ2) is 10.2. The molecule has 0 fully saturated rings. The molecule has 2 rings (SSSR count). The van der Waals surface area contributed by atoms with Crippen LogP contribution in [0.3, 0.4) is 0 Å². The molecule has 1 N–H and O–H groups in total. The van der Waals surface area contributed by atoms with Crippen molar-refractivity contribution in [2.45, 2.75) is 44.6 Å². The number of benzene rings is 2. The molecule has 0 bridgehead atoms. The highest BCUT2D eigenvalue weighted by atomic mass is 32.1. The number of hydrogen-bond donors (Lipinski definition) is 2. The zero-order valence-corrected chi connectivity index (χ0v) is 17.6. The summed E-state index contributed by atoms with van der Waals surface area (Å²) in [5.41, 5.74) is 2.38. The van der Waals surface area contributed by atoms with Gasteiger partial charge in [-0.2, -0.15) is 0 Å². The monoisotopic (exact) mass is 392 g/mol. The Bertz CT molecular complexity index is 787. The van der Waals surface area contributed by atoms with Crippen molar-refractivity contribution in [1.82, 2.24) is 5.48 Å². The second-order valence-electron chi connectivity index (χ2n) is 6.81. The van der Waals surface area contributed by atoms with E-state index < -0.39 is 5.60 Å². The lowest BCUT2D eigenvalue weighted by Crippen LogP contribution is -2.34. The third-order valence-electron chi connectivity index (χ3n) is 3.41. The molecule has 0 saturated heterocycles. The van der Waals surface area contributed by atoms with Crippen molar-refractivity contribution in [3.63, 3.8) is 0 Å². The van der Waals surface area contributed by atoms with Crippen molar-refractivity contribution in [2.24, 2.45) is 0 Å². The maximum absolute atomic E-state index is 12.1. The number of nitrogens with zero attached hydrogens (tertiary/aromatic N) is 1. The van der Waals surface area contributed by atoms with Gasteiger partial charge in [0.15, 0.2) is 0 Å². The number of amides is 2. The van der Waals surface area contributed by atoms with Crippen LogP contribution in [0.1, 0.15) is 34.1 Å². The van der Waals surface area contributed by atoms with Gasteiger partial charge in [0.1, 0.15) is 5.60 Å². The van der Waals surface area contributed by atoms with Crippen LogP contribution in [0.5, 0.6) is 0 Å². The maximum atomic E-state index is 12.1. The van der Waals surface area contributed by atoms with Gasteiger partial charge in [-0.15, -0.1) is 12.6 Å². The van der Waals surface area contributed by atoms with Crippen molar-refractivity contribution >= 4 is 41.1 Å². The number of hydroxylamine groups is 1. The molecule has 0 aliphatic carbocycles. The Balaban J connectivity index is 0.000000445. The van der Waals surface area contributed by atoms with E-state index in [1.807, 2.05) is 57.2 Å². The van der Waals surface area contributed by atoms with Crippen molar-refractivity contribution in [1.29, 1.82) is 0 Å². The largest absolute Gasteiger partial charge is 0.443 e. The fraction of sp³-hybridized carbons (Fsp3) is 0.400. The number of fused-ring (bicyclic) bond motifs is 1. The molecule has 6 nitrogen and oxygen atoms in total. The summed E-state index contributed by atoms with van der Waals surface area (Å²) in [7, 11) is 3.10. The minimum absolute atomic E-state index is 0.0949. The van der Waals surface area contributed by atoms with Gasteiger partial charge in [-0.25, -0.2) is 10.3 Å². The van der Waals surface area contributed by atoms with Crippen molar-refractivity contribution < 1.29 is 19.2 Å². The molecule has 0 spiro atoms. The van der Waals surface area contributed by atoms with E-state index in [-0.39, 0.29) is 12.0 Å². The molecule has 2 aromatic carbocycles. The van der Waals surface area contributed by atoms with Crippen LogP contribution in [0.2, 0.25) is 0 Å². The first kappa shape index (κ1) is 22.8. The molecular formula is C20H28N2O4S. The Labute approximate surface area is 166 Å². The number of ether oxygens (including phenoxy) is 1. The molecule has 0 aromatic heterocycles. The minimum atomic E-state index is -0.515. The van der Waals surface area contributed by atoms with Gasteiger partial charge >= 0.3 is 6.09 Å². The van der Waals surface area contributed by atoms with E-state index in [1.165, 1.54) is 12.0 Å². The summed E-state index contributed by atoms with van der Waals surface area (Å²) in [5.74, 6) is -0.0949. The van der Waals surface area contributed by atoms with Crippen molar-refractivity contribution in [3.8, 4) is 0 Å². The zero-order valence-electron chi connectivity index (χ0n) is 16.7. The van der Waals surface area contributed by atoms with E-state index in [1.54, 1.807) is 14.0 Å². The fourth-order valence-corrected chi connectivity index (χ4v) is 2.45. The smallest absolute Gasteiger partial charge is 0.414 e. The van der Waals surface area contributed by atoms with Gasteiger partial charge in [-0.3, -0.25) is 14.5 Å². The van der Waals surface area contributed by atoms with Crippen molar-refractivity contribution in [2.75, 3.05) is 19.1 Å². The molecule has 0 aliphatic rings. The van der Waals surface area contributed by atoms with Gasteiger partial charge in [-0.05, 0) is 43.7 Å². The maximum Gasteiger partial charge on any atom is 0.414 e. The molecule has 0 atom stereocenters. The van der Waals surface area contributed by atoms with Crippen LogP contribution in [0, 0.1) is 0 Å². The quantitative estimate of drug-likeness (QED) is 0.593. The average molecular weight is 393 g/mol. The van der Waals surface area contributed by atoms with Gasteiger partial charge < -0.3 is 4.74 Å². The molecule has 27 heavy (non-hydrogen) atoms. The first-order chi connectivity index (χ1) is 12.6. The molecule has 0 saturated carbocycles. The SMILES string of the molecule is CCC(=O)NOC.CN(C(=O)OC(C)(C)C)c1cc2ccccc2cc1S. The van der Waals surface area contributed by atoms with Gasteiger partial charge in [0, 0.05) is 18.4 Å². The van der Waals surface area contributed by atoms with Crippen LogP contribution in [0.25, 0.3) is 10.8 Å². The number of nitrogens with one attached hydrogen (secondary N) is 1. The van der Waals surface area contributed by atoms with Crippen LogP contribution in [-0.4, -0.2) is 31.8 Å². The first-order valence-electron chi connectivity index (χ1n) is 8.59. The van der Waals surface area contributed by atoms with Crippen LogP contribution in [0.4, 0.5) is 10.5 Å². The van der Waals surface area contributed by atoms with Gasteiger partial charge in [0.2, 0.25) is 5.91 Å². The number of rotatable bonds is 3. The first-order valence-corrected chi connectivity index (χ1v) is 9.04. The molecule has 0 heterocycles. The summed E-state index contributed by atoms with van der Waals surface area (Å²) < 4.78 is 5.37. The molecule has 148 valence electrons. The normalized spacial score (nSPS) is 10.6. The number of carbonyl (C=O) groups excluding carboxylic acids is 2. The predicted molar refractivity (Wildman–Crippen MR) is 111 cm³/mol. The van der Waals surface area contributed by atoms with E-state index in [0.29, 0.717) is 6.42 Å². The van der Waals surface area contributed by atoms with E-state index >= 15 is 0 Å². The Morgan fingerprint density at radius 2 is 1.70 bits per heavy atom. The van der Waals surface area contributed by atoms with Crippen LogP contribution in [-0.2, 0) is 14.4 Å². The summed E-state index contributed by atoms with van der Waals surface area (Å²) in [6.07, 6.45) is 0.0801. The summed E-state index contributed by atoms with van der Waals surface area (Å²) in [6, 6.07) is 11.9. The van der Waals surface area contributed by atoms with Crippen LogP contribution >= 0.6 is 12.6 Å². The molecule has 2 amide bonds. The Hall–Kier alpha value is -2.25. The molecular weight excluding hydrogens is 364 g/mol. The Morgan fingerprint density at radius 3 is 2.15 bits per heavy atom. The van der Waals surface area contributed by atoms with Gasteiger partial charge in [0.25, 0.3) is 0 Å². The predicted octanol–water partition coefficient (Wildman–Crippen LogP) is 4.57. The lowest BCUT2D eigenvalue weighted by molar-refractivity contribution is -0.130. The molecule has 0 aliphatic heterocycles. The van der Waals surface area contributed by atoms with Gasteiger partial charge in [-0.1, -0.05) is 31.2 Å². The molecule has 0 radical (unpaired) electrons. The summed E-state index contributed by atoms with van der Waals surface area (Å²) in [5, 5.41) is 2.16. The Morgan fingerprint density at radius 1 is 1.15 bits per heavy atom. The van der Waals surface area contributed by atoms with Crippen molar-refractivity contribution in [3.05, 3.63) is 36.4 Å². The van der Waals surface area contributed by atoms with Crippen LogP contribution < -0.4 is 10.4 Å². The number of carbonyl (C=O) groups is 2. The Kier molecular flexibility index (Phi) is 8.59. The van der Waals surface area contributed by atoms with Gasteiger partial charge in [0.05, 0.1) is 12.8 Å². The highest BCUT2D eigenvalue weighted by Crippen LogP contribution is 2.30. The highest BCUT2D eigenvalue weighted by Gasteiger charge is 2.21. The molecule has 2 aromatic rings. The summed E-state index contributed by atoms with van der Waals surface area (Å²) in [4.78, 5) is 28.8. The third kappa shape index (κ3) is 7.48. The standard InChI is InChI=1S/C16H19NO2S.C4H9NO2/c1-16(2,3)19-15(18)17(4)13-9-11-7-5-6-8-12(11)10-14(13)20;1-3-4(6)5-7-2/h5-10,20H,1-4H3;3H2,1-2H3,(H,5,6). The number of hydrogen-bond acceptors (Lipinski definition) is 5. The molecule has 0 unspecified atom stereocenters. The second-order valence-corrected chi connectivity index (χ2v) is 7.29. The minimum Gasteiger partial charge on any atom is -0.443 e. The summed E-state index contributed by atoms with van der Waals surface area (Å²) >= 11 is 4.47. The number of anilines is 1.